The molecule has 0 saturated carbocycles. The Balaban J connectivity index is 2.95. The van der Waals surface area contributed by atoms with Crippen LogP contribution in [-0.2, 0) is 16.0 Å². The molecule has 0 saturated heterocycles. The first kappa shape index (κ1) is 16.9. The van der Waals surface area contributed by atoms with Gasteiger partial charge in [-0.05, 0) is 18.9 Å². The van der Waals surface area contributed by atoms with Crippen molar-refractivity contribution >= 4 is 5.97 Å². The van der Waals surface area contributed by atoms with Crippen molar-refractivity contribution in [2.75, 3.05) is 27.9 Å². The molecule has 5 heteroatoms. The van der Waals surface area contributed by atoms with Gasteiger partial charge in [0.05, 0.1) is 21.3 Å². The highest BCUT2D eigenvalue weighted by molar-refractivity contribution is 5.66. The molecular formula is C16H22O5. The minimum absolute atomic E-state index is 0.288. The maximum absolute atomic E-state index is 10.8. The molecule has 0 unspecified atom stereocenters. The van der Waals surface area contributed by atoms with Crippen molar-refractivity contribution in [1.29, 1.82) is 0 Å². The predicted molar refractivity (Wildman–Crippen MR) is 80.2 cm³/mol. The highest BCUT2D eigenvalue weighted by Crippen LogP contribution is 2.34. The fraction of sp³-hybridized carbons (Fsp3) is 0.438. The smallest absolute Gasteiger partial charge is 0.302 e. The Morgan fingerprint density at radius 3 is 2.05 bits per heavy atom. The Bertz CT molecular complexity index is 494. The fourth-order valence-electron chi connectivity index (χ4n) is 1.83. The molecule has 5 nitrogen and oxygen atoms in total. The molecule has 0 heterocycles. The lowest BCUT2D eigenvalue weighted by atomic mass is 10.1. The summed E-state index contributed by atoms with van der Waals surface area (Å²) in [7, 11) is 4.80. The van der Waals surface area contributed by atoms with Gasteiger partial charge in [0.25, 0.3) is 0 Å². The van der Waals surface area contributed by atoms with Crippen molar-refractivity contribution in [3.63, 3.8) is 0 Å². The Morgan fingerprint density at radius 2 is 1.62 bits per heavy atom. The number of benzene rings is 1. The Morgan fingerprint density at radius 1 is 1.05 bits per heavy atom. The zero-order valence-corrected chi connectivity index (χ0v) is 13.2. The molecule has 0 N–H and O–H groups in total. The second-order valence-corrected chi connectivity index (χ2v) is 4.55. The average molecular weight is 294 g/mol. The van der Waals surface area contributed by atoms with Gasteiger partial charge in [0, 0.05) is 24.6 Å². The summed E-state index contributed by atoms with van der Waals surface area (Å²) in [5.74, 6) is 1.78. The Labute approximate surface area is 125 Å². The summed E-state index contributed by atoms with van der Waals surface area (Å²) in [6, 6.07) is 3.63. The first-order chi connectivity index (χ1) is 10.0. The van der Waals surface area contributed by atoms with E-state index < -0.39 is 0 Å². The van der Waals surface area contributed by atoms with Crippen LogP contribution in [0.4, 0.5) is 0 Å². The summed E-state index contributed by atoms with van der Waals surface area (Å²) < 4.78 is 20.9. The van der Waals surface area contributed by atoms with Gasteiger partial charge in [0.1, 0.15) is 23.9 Å². The van der Waals surface area contributed by atoms with E-state index in [1.165, 1.54) is 6.92 Å². The van der Waals surface area contributed by atoms with Gasteiger partial charge in [0.15, 0.2) is 0 Å². The van der Waals surface area contributed by atoms with Gasteiger partial charge in [-0.25, -0.2) is 0 Å². The van der Waals surface area contributed by atoms with Gasteiger partial charge < -0.3 is 18.9 Å². The van der Waals surface area contributed by atoms with Crippen molar-refractivity contribution in [3.05, 3.63) is 29.3 Å². The third kappa shape index (κ3) is 5.02. The molecule has 0 amide bonds. The number of esters is 1. The third-order valence-corrected chi connectivity index (χ3v) is 2.97. The predicted octanol–water partition coefficient (Wildman–Crippen LogP) is 2.76. The van der Waals surface area contributed by atoms with Crippen molar-refractivity contribution in [2.24, 2.45) is 0 Å². The number of rotatable bonds is 7. The molecule has 0 aliphatic rings. The average Bonchev–Trinajstić information content (AvgIpc) is 2.49. The molecule has 0 aliphatic heterocycles. The SMILES string of the molecule is COc1cc(OC)c(CC=C(C)COC(C)=O)c(OC)c1. The van der Waals surface area contributed by atoms with Gasteiger partial charge in [0.2, 0.25) is 0 Å². The summed E-state index contributed by atoms with van der Waals surface area (Å²) in [6.07, 6.45) is 2.60. The van der Waals surface area contributed by atoms with Crippen LogP contribution in [0.25, 0.3) is 0 Å². The van der Waals surface area contributed by atoms with Crippen molar-refractivity contribution < 1.29 is 23.7 Å². The van der Waals surface area contributed by atoms with Crippen LogP contribution in [0.3, 0.4) is 0 Å². The van der Waals surface area contributed by atoms with Crippen LogP contribution in [-0.4, -0.2) is 33.9 Å². The number of methoxy groups -OCH3 is 3. The van der Waals surface area contributed by atoms with Gasteiger partial charge >= 0.3 is 5.97 Å². The normalized spacial score (nSPS) is 11.0. The van der Waals surface area contributed by atoms with E-state index in [2.05, 4.69) is 0 Å². The molecule has 0 radical (unpaired) electrons. The summed E-state index contributed by atoms with van der Waals surface area (Å²) >= 11 is 0. The van der Waals surface area contributed by atoms with Gasteiger partial charge in [-0.2, -0.15) is 0 Å². The molecule has 0 spiro atoms. The zero-order chi connectivity index (χ0) is 15.8. The molecule has 0 fully saturated rings. The lowest BCUT2D eigenvalue weighted by molar-refractivity contribution is -0.139. The van der Waals surface area contributed by atoms with Gasteiger partial charge in [-0.3, -0.25) is 4.79 Å². The molecule has 116 valence electrons. The van der Waals surface area contributed by atoms with E-state index in [1.807, 2.05) is 25.1 Å². The van der Waals surface area contributed by atoms with Gasteiger partial charge in [-0.1, -0.05) is 6.08 Å². The van der Waals surface area contributed by atoms with Crippen LogP contribution in [0.15, 0.2) is 23.8 Å². The van der Waals surface area contributed by atoms with E-state index in [-0.39, 0.29) is 12.6 Å². The molecule has 0 aliphatic carbocycles. The van der Waals surface area contributed by atoms with Crippen molar-refractivity contribution in [2.45, 2.75) is 20.3 Å². The van der Waals surface area contributed by atoms with E-state index >= 15 is 0 Å². The van der Waals surface area contributed by atoms with Gasteiger partial charge in [-0.15, -0.1) is 0 Å². The second kappa shape index (κ2) is 8.19. The summed E-state index contributed by atoms with van der Waals surface area (Å²) in [4.78, 5) is 10.8. The van der Waals surface area contributed by atoms with Crippen LogP contribution in [0.2, 0.25) is 0 Å². The lowest BCUT2D eigenvalue weighted by Gasteiger charge is -2.14. The van der Waals surface area contributed by atoms with Crippen LogP contribution in [0, 0.1) is 0 Å². The summed E-state index contributed by atoms with van der Waals surface area (Å²) in [6.45, 7) is 3.59. The van der Waals surface area contributed by atoms with Crippen molar-refractivity contribution in [3.8, 4) is 17.2 Å². The Kier molecular flexibility index (Phi) is 6.59. The number of carbonyl (C=O) groups excluding carboxylic acids is 1. The molecular weight excluding hydrogens is 272 g/mol. The first-order valence-corrected chi connectivity index (χ1v) is 6.59. The van der Waals surface area contributed by atoms with Crippen LogP contribution >= 0.6 is 0 Å². The van der Waals surface area contributed by atoms with Crippen molar-refractivity contribution in [1.82, 2.24) is 0 Å². The molecule has 1 aromatic rings. The zero-order valence-electron chi connectivity index (χ0n) is 13.2. The molecule has 0 aromatic heterocycles. The topological polar surface area (TPSA) is 54.0 Å². The quantitative estimate of drug-likeness (QED) is 0.572. The third-order valence-electron chi connectivity index (χ3n) is 2.97. The van der Waals surface area contributed by atoms with E-state index in [4.69, 9.17) is 18.9 Å². The number of hydrogen-bond donors (Lipinski definition) is 0. The Hall–Kier alpha value is -2.17. The largest absolute Gasteiger partial charge is 0.496 e. The first-order valence-electron chi connectivity index (χ1n) is 6.59. The fourth-order valence-corrected chi connectivity index (χ4v) is 1.83. The molecule has 1 rings (SSSR count). The number of ether oxygens (including phenoxy) is 4. The lowest BCUT2D eigenvalue weighted by Crippen LogP contribution is -2.02. The van der Waals surface area contributed by atoms with E-state index in [0.717, 1.165) is 11.1 Å². The highest BCUT2D eigenvalue weighted by Gasteiger charge is 2.12. The van der Waals surface area contributed by atoms with E-state index in [1.54, 1.807) is 21.3 Å². The standard InChI is InChI=1S/C16H22O5/c1-11(10-21-12(2)17)6-7-14-15(19-4)8-13(18-3)9-16(14)20-5/h6,8-9H,7,10H2,1-5H3. The number of allylic oxidation sites excluding steroid dienone is 1. The monoisotopic (exact) mass is 294 g/mol. The summed E-state index contributed by atoms with van der Waals surface area (Å²) in [5, 5.41) is 0. The minimum atomic E-state index is -0.289. The number of carbonyl (C=O) groups is 1. The van der Waals surface area contributed by atoms with Crippen LogP contribution in [0.5, 0.6) is 17.2 Å². The summed E-state index contributed by atoms with van der Waals surface area (Å²) in [5.41, 5.74) is 1.88. The van der Waals surface area contributed by atoms with Crippen LogP contribution in [0.1, 0.15) is 19.4 Å². The van der Waals surface area contributed by atoms with Crippen LogP contribution < -0.4 is 14.2 Å². The molecule has 1 aromatic carbocycles. The number of hydrogen-bond acceptors (Lipinski definition) is 5. The molecule has 0 bridgehead atoms. The highest BCUT2D eigenvalue weighted by atomic mass is 16.5. The second-order valence-electron chi connectivity index (χ2n) is 4.55. The molecule has 0 atom stereocenters. The molecule has 21 heavy (non-hydrogen) atoms. The maximum atomic E-state index is 10.8. The van der Waals surface area contributed by atoms with E-state index in [0.29, 0.717) is 23.7 Å². The maximum Gasteiger partial charge on any atom is 0.302 e. The van der Waals surface area contributed by atoms with E-state index in [9.17, 15) is 4.79 Å². The minimum Gasteiger partial charge on any atom is -0.496 e.